The fourth-order valence-electron chi connectivity index (χ4n) is 1.93. The smallest absolute Gasteiger partial charge is 0.0477 e. The highest BCUT2D eigenvalue weighted by Gasteiger charge is 2.04. The molecule has 0 unspecified atom stereocenters. The van der Waals surface area contributed by atoms with Crippen LogP contribution in [0.3, 0.4) is 0 Å². The first kappa shape index (κ1) is 13.0. The Morgan fingerprint density at radius 2 is 1.69 bits per heavy atom. The second-order valence-corrected chi connectivity index (χ2v) is 5.06. The Balaban J connectivity index is 2.73. The van der Waals surface area contributed by atoms with Crippen molar-refractivity contribution in [2.24, 2.45) is 10.9 Å². The Kier molecular flexibility index (Phi) is 4.72. The molecule has 1 atom stereocenters. The van der Waals surface area contributed by atoms with Crippen LogP contribution in [0.4, 0.5) is 0 Å². The van der Waals surface area contributed by atoms with E-state index in [1.54, 1.807) is 0 Å². The Morgan fingerprint density at radius 3 is 2.19 bits per heavy atom. The molecule has 1 rings (SSSR count). The van der Waals surface area contributed by atoms with Gasteiger partial charge < -0.3 is 0 Å². The maximum atomic E-state index is 4.73. The molecule has 0 aromatic heterocycles. The van der Waals surface area contributed by atoms with Crippen LogP contribution in [0.5, 0.6) is 0 Å². The van der Waals surface area contributed by atoms with Gasteiger partial charge in [-0.3, -0.25) is 4.99 Å². The lowest BCUT2D eigenvalue weighted by atomic mass is 10.0. The molecule has 1 aromatic carbocycles. The van der Waals surface area contributed by atoms with Crippen LogP contribution < -0.4 is 0 Å². The van der Waals surface area contributed by atoms with Crippen LogP contribution in [0.2, 0.25) is 0 Å². The van der Waals surface area contributed by atoms with Crippen molar-refractivity contribution in [2.45, 2.75) is 47.1 Å². The molecule has 0 aliphatic rings. The highest BCUT2D eigenvalue weighted by atomic mass is 14.8. The first-order valence-electron chi connectivity index (χ1n) is 6.10. The molecule has 0 saturated carbocycles. The van der Waals surface area contributed by atoms with E-state index in [2.05, 4.69) is 58.9 Å². The van der Waals surface area contributed by atoms with Gasteiger partial charge in [-0.2, -0.15) is 0 Å². The van der Waals surface area contributed by atoms with Gasteiger partial charge in [0.15, 0.2) is 0 Å². The minimum atomic E-state index is 0.418. The molecule has 1 heteroatoms. The number of benzene rings is 1. The average molecular weight is 217 g/mol. The van der Waals surface area contributed by atoms with Gasteiger partial charge >= 0.3 is 0 Å². The fourth-order valence-corrected chi connectivity index (χ4v) is 1.93. The minimum Gasteiger partial charge on any atom is -0.286 e. The van der Waals surface area contributed by atoms with Crippen molar-refractivity contribution >= 4 is 5.71 Å². The fraction of sp³-hybridized carbons (Fsp3) is 0.533. The van der Waals surface area contributed by atoms with Crippen LogP contribution in [0.15, 0.2) is 29.3 Å². The van der Waals surface area contributed by atoms with E-state index in [1.165, 1.54) is 11.1 Å². The number of hydrogen-bond donors (Lipinski definition) is 0. The second-order valence-electron chi connectivity index (χ2n) is 5.06. The molecule has 0 saturated heterocycles. The third kappa shape index (κ3) is 4.18. The molecule has 0 amide bonds. The third-order valence-corrected chi connectivity index (χ3v) is 2.70. The standard InChI is InChI=1S/C15H23N/c1-11(2)10-13(4)16-14(5)15-8-6-12(3)7-9-15/h6-9,11,13H,10H2,1-5H3/t13-/m1/s1. The van der Waals surface area contributed by atoms with Gasteiger partial charge in [-0.05, 0) is 38.7 Å². The SMILES string of the molecule is CC(=N[C@H](C)CC(C)C)c1ccc(C)cc1. The largest absolute Gasteiger partial charge is 0.286 e. The topological polar surface area (TPSA) is 12.4 Å². The van der Waals surface area contributed by atoms with E-state index in [0.717, 1.165) is 12.1 Å². The summed E-state index contributed by atoms with van der Waals surface area (Å²) in [7, 11) is 0. The second kappa shape index (κ2) is 5.83. The van der Waals surface area contributed by atoms with E-state index < -0.39 is 0 Å². The van der Waals surface area contributed by atoms with Gasteiger partial charge in [0.1, 0.15) is 0 Å². The lowest BCUT2D eigenvalue weighted by molar-refractivity contribution is 0.522. The Labute approximate surface area is 99.6 Å². The monoisotopic (exact) mass is 217 g/mol. The Bertz CT molecular complexity index is 346. The molecule has 0 heterocycles. The molecule has 0 aliphatic heterocycles. The summed E-state index contributed by atoms with van der Waals surface area (Å²) >= 11 is 0. The minimum absolute atomic E-state index is 0.418. The summed E-state index contributed by atoms with van der Waals surface area (Å²) in [6.45, 7) is 10.9. The van der Waals surface area contributed by atoms with Gasteiger partial charge in [-0.1, -0.05) is 43.7 Å². The molecular weight excluding hydrogens is 194 g/mol. The van der Waals surface area contributed by atoms with Crippen molar-refractivity contribution in [3.05, 3.63) is 35.4 Å². The van der Waals surface area contributed by atoms with Crippen molar-refractivity contribution in [1.29, 1.82) is 0 Å². The lowest BCUT2D eigenvalue weighted by Gasteiger charge is -2.11. The summed E-state index contributed by atoms with van der Waals surface area (Å²) in [4.78, 5) is 4.73. The zero-order valence-electron chi connectivity index (χ0n) is 11.1. The summed E-state index contributed by atoms with van der Waals surface area (Å²) in [5, 5.41) is 0. The van der Waals surface area contributed by atoms with Crippen molar-refractivity contribution in [3.8, 4) is 0 Å². The molecule has 0 bridgehead atoms. The summed E-state index contributed by atoms with van der Waals surface area (Å²) in [6.07, 6.45) is 1.16. The summed E-state index contributed by atoms with van der Waals surface area (Å²) in [5.74, 6) is 0.713. The third-order valence-electron chi connectivity index (χ3n) is 2.70. The number of nitrogens with zero attached hydrogens (tertiary/aromatic N) is 1. The van der Waals surface area contributed by atoms with Crippen LogP contribution in [-0.4, -0.2) is 11.8 Å². The number of aliphatic imine (C=N–C) groups is 1. The molecule has 88 valence electrons. The quantitative estimate of drug-likeness (QED) is 0.669. The van der Waals surface area contributed by atoms with Gasteiger partial charge in [0.25, 0.3) is 0 Å². The average Bonchev–Trinajstić information content (AvgIpc) is 2.16. The van der Waals surface area contributed by atoms with Crippen LogP contribution >= 0.6 is 0 Å². The normalized spacial score (nSPS) is 14.2. The molecule has 1 aromatic rings. The van der Waals surface area contributed by atoms with Gasteiger partial charge in [0, 0.05) is 11.8 Å². The molecule has 0 spiro atoms. The number of aryl methyl sites for hydroxylation is 1. The number of rotatable bonds is 4. The van der Waals surface area contributed by atoms with Crippen LogP contribution in [0.1, 0.15) is 45.2 Å². The predicted molar refractivity (Wildman–Crippen MR) is 72.3 cm³/mol. The first-order valence-corrected chi connectivity index (χ1v) is 6.10. The predicted octanol–water partition coefficient (Wildman–Crippen LogP) is 4.24. The van der Waals surface area contributed by atoms with Gasteiger partial charge in [0.2, 0.25) is 0 Å². The van der Waals surface area contributed by atoms with Gasteiger partial charge in [0.05, 0.1) is 0 Å². The highest BCUT2D eigenvalue weighted by Crippen LogP contribution is 2.10. The van der Waals surface area contributed by atoms with E-state index in [0.29, 0.717) is 12.0 Å². The van der Waals surface area contributed by atoms with E-state index in [9.17, 15) is 0 Å². The Hall–Kier alpha value is -1.11. The first-order chi connectivity index (χ1) is 7.49. The van der Waals surface area contributed by atoms with E-state index >= 15 is 0 Å². The van der Waals surface area contributed by atoms with Crippen LogP contribution in [0.25, 0.3) is 0 Å². The van der Waals surface area contributed by atoms with Crippen LogP contribution in [0, 0.1) is 12.8 Å². The zero-order valence-corrected chi connectivity index (χ0v) is 11.1. The molecule has 0 aliphatic carbocycles. The summed E-state index contributed by atoms with van der Waals surface area (Å²) < 4.78 is 0. The van der Waals surface area contributed by atoms with E-state index in [1.807, 2.05) is 0 Å². The molecule has 16 heavy (non-hydrogen) atoms. The van der Waals surface area contributed by atoms with Crippen molar-refractivity contribution in [3.63, 3.8) is 0 Å². The van der Waals surface area contributed by atoms with E-state index in [4.69, 9.17) is 4.99 Å². The Morgan fingerprint density at radius 1 is 1.12 bits per heavy atom. The maximum Gasteiger partial charge on any atom is 0.0477 e. The zero-order chi connectivity index (χ0) is 12.1. The van der Waals surface area contributed by atoms with Gasteiger partial charge in [-0.25, -0.2) is 0 Å². The van der Waals surface area contributed by atoms with Crippen LogP contribution in [-0.2, 0) is 0 Å². The van der Waals surface area contributed by atoms with Crippen molar-refractivity contribution in [1.82, 2.24) is 0 Å². The molecule has 0 N–H and O–H groups in total. The molecule has 0 fully saturated rings. The molecule has 0 radical (unpaired) electrons. The highest BCUT2D eigenvalue weighted by molar-refractivity contribution is 5.98. The van der Waals surface area contributed by atoms with Gasteiger partial charge in [-0.15, -0.1) is 0 Å². The molecule has 1 nitrogen and oxygen atoms in total. The maximum absolute atomic E-state index is 4.73. The van der Waals surface area contributed by atoms with E-state index in [-0.39, 0.29) is 0 Å². The number of hydrogen-bond acceptors (Lipinski definition) is 1. The summed E-state index contributed by atoms with van der Waals surface area (Å²) in [6, 6.07) is 9.00. The lowest BCUT2D eigenvalue weighted by Crippen LogP contribution is -2.07. The van der Waals surface area contributed by atoms with Crippen molar-refractivity contribution in [2.75, 3.05) is 0 Å². The molecular formula is C15H23N. The summed E-state index contributed by atoms with van der Waals surface area (Å²) in [5.41, 5.74) is 3.68. The van der Waals surface area contributed by atoms with Crippen molar-refractivity contribution < 1.29 is 0 Å².